The molecule has 1 N–H and O–H groups in total. The van der Waals surface area contributed by atoms with Crippen molar-refractivity contribution in [2.45, 2.75) is 131 Å². The van der Waals surface area contributed by atoms with Crippen molar-refractivity contribution in [3.05, 3.63) is 167 Å². The van der Waals surface area contributed by atoms with Gasteiger partial charge in [-0.3, -0.25) is 9.55 Å². The summed E-state index contributed by atoms with van der Waals surface area (Å²) < 4.78 is 113. The molecule has 6 aromatic carbocycles. The van der Waals surface area contributed by atoms with Crippen molar-refractivity contribution in [1.82, 2.24) is 14.5 Å². The summed E-state index contributed by atoms with van der Waals surface area (Å²) in [5.74, 6) is 0.665. The van der Waals surface area contributed by atoms with Gasteiger partial charge in [-0.05, 0) is 96.4 Å². The molecule has 8 aromatic rings. The number of nitrogens with zero attached hydrogens (tertiary/aromatic N) is 3. The van der Waals surface area contributed by atoms with E-state index < -0.39 is 66.5 Å². The van der Waals surface area contributed by atoms with Gasteiger partial charge in [0.05, 0.1) is 22.1 Å². The van der Waals surface area contributed by atoms with Gasteiger partial charge in [0, 0.05) is 56.5 Å². The third-order valence-electron chi connectivity index (χ3n) is 12.2. The van der Waals surface area contributed by atoms with Crippen LogP contribution in [0.15, 0.2) is 133 Å². The third kappa shape index (κ3) is 10.0. The summed E-state index contributed by atoms with van der Waals surface area (Å²) in [6, 6.07) is 33.6. The first-order chi connectivity index (χ1) is 36.2. The number of para-hydroxylation sites is 1. The van der Waals surface area contributed by atoms with Crippen LogP contribution in [0.5, 0.6) is 5.75 Å². The molecule has 0 aliphatic heterocycles. The molecule has 5 heteroatoms. The molecule has 0 fully saturated rings. The molecule has 0 bridgehead atoms. The predicted octanol–water partition coefficient (Wildman–Crippen LogP) is 16.7. The Hall–Kier alpha value is -5.57. The van der Waals surface area contributed by atoms with Gasteiger partial charge in [-0.2, -0.15) is 0 Å². The third-order valence-corrected chi connectivity index (χ3v) is 12.2. The van der Waals surface area contributed by atoms with Gasteiger partial charge in [-0.1, -0.05) is 200 Å². The van der Waals surface area contributed by atoms with Crippen LogP contribution < -0.4 is 0 Å². The second-order valence-corrected chi connectivity index (χ2v) is 21.6. The maximum atomic E-state index is 12.6. The van der Waals surface area contributed by atoms with Crippen molar-refractivity contribution in [3.63, 3.8) is 0 Å². The van der Waals surface area contributed by atoms with Crippen molar-refractivity contribution in [2.24, 2.45) is 0 Å². The van der Waals surface area contributed by atoms with Gasteiger partial charge in [-0.15, -0.1) is 29.3 Å². The Labute approximate surface area is 433 Å². The number of benzene rings is 6. The summed E-state index contributed by atoms with van der Waals surface area (Å²) in [6.45, 7) is 14.1. The minimum Gasteiger partial charge on any atom is -0.507 e. The van der Waals surface area contributed by atoms with E-state index in [1.165, 1.54) is 12.3 Å². The number of aromatic hydroxyl groups is 1. The summed E-state index contributed by atoms with van der Waals surface area (Å²) in [7, 11) is 0. The average Bonchev–Trinajstić information content (AvgIpc) is 3.72. The molecule has 0 atom stereocenters. The molecule has 348 valence electrons. The van der Waals surface area contributed by atoms with Crippen molar-refractivity contribution in [1.29, 1.82) is 0 Å². The Morgan fingerprint density at radius 3 is 1.81 bits per heavy atom. The topological polar surface area (TPSA) is 50.9 Å². The number of rotatable bonds is 6. The molecular weight excluding hydrogens is 998 g/mol. The first-order valence-corrected chi connectivity index (χ1v) is 22.5. The van der Waals surface area contributed by atoms with Gasteiger partial charge < -0.3 is 5.11 Å². The maximum Gasteiger partial charge on any atom is 0.148 e. The molecule has 0 spiro atoms. The SMILES string of the molecule is [2H]c1c([2H])c(C(C([2H])([2H])[2H])(C([2H])([2H])[2H])C([2H])([2H])[2H])c([2H])c([2H])c1-c1ccnc(-c2[c-]c(-c3cccc4c3nc(-c3cc(C(C)(C)C)cc(C(C)(C)C)c3O)n4-c3ccc(-c4ccccc4)c(C(C)(C)C)c3)cc(C(C)(C)C)c2)c1.[Pt]. The molecule has 0 radical (unpaired) electrons. The Kier molecular flexibility index (Phi) is 9.22. The zero-order chi connectivity index (χ0) is 58.7. The zero-order valence-electron chi connectivity index (χ0n) is 53.5. The number of phenolic OH excluding ortho intramolecular Hbond substituents is 1. The largest absolute Gasteiger partial charge is 0.507 e. The van der Waals surface area contributed by atoms with Crippen LogP contribution in [0.1, 0.15) is 149 Å². The molecule has 4 nitrogen and oxygen atoms in total. The van der Waals surface area contributed by atoms with Gasteiger partial charge in [-0.25, -0.2) is 4.98 Å². The number of pyridine rings is 1. The van der Waals surface area contributed by atoms with Crippen LogP contribution >= 0.6 is 0 Å². The summed E-state index contributed by atoms with van der Waals surface area (Å²) >= 11 is 0. The van der Waals surface area contributed by atoms with Crippen molar-refractivity contribution < 1.29 is 44.0 Å². The van der Waals surface area contributed by atoms with E-state index >= 15 is 0 Å². The Bertz CT molecular complexity index is 3620. The molecule has 8 rings (SSSR count). The molecule has 0 unspecified atom stereocenters. The van der Waals surface area contributed by atoms with Crippen LogP contribution in [0, 0.1) is 6.07 Å². The Balaban J connectivity index is 0.00000924. The van der Waals surface area contributed by atoms with E-state index in [-0.39, 0.29) is 48.8 Å². The summed E-state index contributed by atoms with van der Waals surface area (Å²) in [6.07, 6.45) is 1.42. The van der Waals surface area contributed by atoms with E-state index in [4.69, 9.17) is 27.8 Å². The van der Waals surface area contributed by atoms with Crippen LogP contribution in [-0.2, 0) is 48.1 Å². The van der Waals surface area contributed by atoms with Gasteiger partial charge >= 0.3 is 0 Å². The molecule has 0 saturated carbocycles. The molecule has 0 aliphatic rings. The van der Waals surface area contributed by atoms with E-state index in [9.17, 15) is 5.11 Å². The average molecular weight is 1080 g/mol. The summed E-state index contributed by atoms with van der Waals surface area (Å²) in [4.78, 5) is 10.3. The van der Waals surface area contributed by atoms with Crippen LogP contribution in [0.3, 0.4) is 0 Å². The zero-order valence-corrected chi connectivity index (χ0v) is 42.8. The van der Waals surface area contributed by atoms with Crippen molar-refractivity contribution >= 4 is 11.0 Å². The normalized spacial score (nSPS) is 16.0. The van der Waals surface area contributed by atoms with Crippen molar-refractivity contribution in [3.8, 4) is 67.5 Å². The fourth-order valence-corrected chi connectivity index (χ4v) is 8.39. The first kappa shape index (κ1) is 34.7. The number of aromatic nitrogens is 3. The van der Waals surface area contributed by atoms with Crippen LogP contribution in [0.2, 0.25) is 0 Å². The fraction of sp³-hybridized carbons (Fsp3) is 0.323. The standard InChI is InChI=1S/C62H68N3O.Pt/c1-58(2,3)44-26-24-39(25-27-44)41-30-31-63-53(35-41)43-32-42(33-45(34-43)59(4,5)6)49-22-19-23-54-55(49)64-57(50-36-46(60(7,8)9)37-52(56(50)66)62(13,14)15)65(54)47-28-29-48(40-20-17-16-18-21-40)51(38-47)61(10,11)12;/h16-31,33-38,66H,1-15H3;/q-1;/i1D3,2D3,3D3,24D,25D,26D,27D;. The van der Waals surface area contributed by atoms with E-state index in [0.717, 1.165) is 50.1 Å². The molecule has 2 heterocycles. The Morgan fingerprint density at radius 2 is 1.18 bits per heavy atom. The minimum absolute atomic E-state index is 0. The van der Waals surface area contributed by atoms with Crippen LogP contribution in [0.25, 0.3) is 72.7 Å². The van der Waals surface area contributed by atoms with E-state index in [0.29, 0.717) is 33.7 Å². The first-order valence-electron chi connectivity index (χ1n) is 29.0. The van der Waals surface area contributed by atoms with Gasteiger partial charge in [0.25, 0.3) is 0 Å². The second kappa shape index (κ2) is 17.8. The quantitative estimate of drug-likeness (QED) is 0.169. The molecule has 0 amide bonds. The number of hydrogen-bond donors (Lipinski definition) is 1. The van der Waals surface area contributed by atoms with Gasteiger partial charge in [0.15, 0.2) is 0 Å². The fourth-order valence-electron chi connectivity index (χ4n) is 8.39. The number of imidazole rings is 1. The van der Waals surface area contributed by atoms with E-state index in [2.05, 4.69) is 136 Å². The molecule has 2 aromatic heterocycles. The summed E-state index contributed by atoms with van der Waals surface area (Å²) in [5.41, 5.74) is 4.35. The smallest absolute Gasteiger partial charge is 0.148 e. The molecule has 67 heavy (non-hydrogen) atoms. The van der Waals surface area contributed by atoms with Gasteiger partial charge in [0.1, 0.15) is 11.6 Å². The van der Waals surface area contributed by atoms with Crippen LogP contribution in [0.4, 0.5) is 0 Å². The maximum absolute atomic E-state index is 12.6. The van der Waals surface area contributed by atoms with Crippen LogP contribution in [-0.4, -0.2) is 19.6 Å². The monoisotopic (exact) mass is 1080 g/mol. The van der Waals surface area contributed by atoms with E-state index in [1.54, 1.807) is 6.07 Å². The molecule has 0 saturated heterocycles. The predicted molar refractivity (Wildman–Crippen MR) is 280 cm³/mol. The number of fused-ring (bicyclic) bond motifs is 1. The second-order valence-electron chi connectivity index (χ2n) is 21.6. The van der Waals surface area contributed by atoms with Crippen molar-refractivity contribution in [2.75, 3.05) is 0 Å². The molecule has 0 aliphatic carbocycles. The number of phenols is 1. The van der Waals surface area contributed by atoms with E-state index in [1.807, 2.05) is 48.5 Å². The Morgan fingerprint density at radius 1 is 0.537 bits per heavy atom. The number of hydrogen-bond acceptors (Lipinski definition) is 3. The summed E-state index contributed by atoms with van der Waals surface area (Å²) in [5, 5.41) is 12.6. The minimum atomic E-state index is -3.81. The van der Waals surface area contributed by atoms with Gasteiger partial charge in [0.2, 0.25) is 0 Å². The molecular formula is C62H68N3OPt-.